The second kappa shape index (κ2) is 8.71. The molecule has 152 valence electrons. The van der Waals surface area contributed by atoms with Gasteiger partial charge >= 0.3 is 0 Å². The van der Waals surface area contributed by atoms with E-state index < -0.39 is 0 Å². The Bertz CT molecular complexity index is 1160. The zero-order chi connectivity index (χ0) is 21.1. The molecule has 0 N–H and O–H groups in total. The second-order valence-corrected chi connectivity index (χ2v) is 7.55. The number of ether oxygens (including phenoxy) is 2. The summed E-state index contributed by atoms with van der Waals surface area (Å²) in [5.41, 5.74) is 4.48. The molecule has 0 bridgehead atoms. The van der Waals surface area contributed by atoms with Gasteiger partial charge in [-0.15, -0.1) is 0 Å². The molecule has 0 atom stereocenters. The maximum Gasteiger partial charge on any atom is 0.123 e. The van der Waals surface area contributed by atoms with Crippen molar-refractivity contribution >= 4 is 15.9 Å². The molecule has 0 spiro atoms. The summed E-state index contributed by atoms with van der Waals surface area (Å²) in [6.45, 7) is 0.438. The van der Waals surface area contributed by atoms with Crippen LogP contribution in [-0.2, 0) is 6.54 Å². The van der Waals surface area contributed by atoms with E-state index in [0.717, 1.165) is 44.0 Å². The van der Waals surface area contributed by atoms with Crippen LogP contribution in [0.2, 0.25) is 0 Å². The molecule has 0 saturated carbocycles. The van der Waals surface area contributed by atoms with E-state index in [1.165, 1.54) is 12.1 Å². The van der Waals surface area contributed by atoms with Crippen LogP contribution in [0.15, 0.2) is 77.3 Å². The first-order valence-electron chi connectivity index (χ1n) is 9.38. The molecule has 0 saturated heterocycles. The number of aromatic nitrogens is 2. The van der Waals surface area contributed by atoms with Gasteiger partial charge in [0, 0.05) is 11.1 Å². The minimum atomic E-state index is -0.264. The Morgan fingerprint density at radius 2 is 1.47 bits per heavy atom. The first-order valence-corrected chi connectivity index (χ1v) is 10.2. The summed E-state index contributed by atoms with van der Waals surface area (Å²) >= 11 is 3.75. The van der Waals surface area contributed by atoms with Crippen LogP contribution in [0.3, 0.4) is 0 Å². The van der Waals surface area contributed by atoms with E-state index in [9.17, 15) is 4.39 Å². The lowest BCUT2D eigenvalue weighted by atomic mass is 10.1. The molecule has 30 heavy (non-hydrogen) atoms. The zero-order valence-corrected chi connectivity index (χ0v) is 18.2. The molecular weight excluding hydrogens is 447 g/mol. The fraction of sp³-hybridized carbons (Fsp3) is 0.125. The van der Waals surface area contributed by atoms with Crippen molar-refractivity contribution in [1.82, 2.24) is 9.78 Å². The molecule has 6 heteroatoms. The van der Waals surface area contributed by atoms with Crippen molar-refractivity contribution < 1.29 is 13.9 Å². The van der Waals surface area contributed by atoms with E-state index in [0.29, 0.717) is 6.54 Å². The molecule has 0 radical (unpaired) electrons. The fourth-order valence-electron chi connectivity index (χ4n) is 3.32. The smallest absolute Gasteiger partial charge is 0.123 e. The van der Waals surface area contributed by atoms with Crippen molar-refractivity contribution in [3.05, 3.63) is 88.6 Å². The van der Waals surface area contributed by atoms with Crippen molar-refractivity contribution in [3.8, 4) is 34.0 Å². The summed E-state index contributed by atoms with van der Waals surface area (Å²) in [6, 6.07) is 22.1. The Balaban J connectivity index is 1.83. The maximum atomic E-state index is 13.7. The Kier molecular flexibility index (Phi) is 5.86. The van der Waals surface area contributed by atoms with Gasteiger partial charge in [0.1, 0.15) is 23.0 Å². The number of halogens is 2. The predicted octanol–water partition coefficient (Wildman–Crippen LogP) is 6.18. The lowest BCUT2D eigenvalue weighted by molar-refractivity contribution is 0.414. The van der Waals surface area contributed by atoms with E-state index in [2.05, 4.69) is 15.9 Å². The van der Waals surface area contributed by atoms with Gasteiger partial charge in [0.25, 0.3) is 0 Å². The summed E-state index contributed by atoms with van der Waals surface area (Å²) < 4.78 is 27.0. The highest BCUT2D eigenvalue weighted by atomic mass is 79.9. The third-order valence-corrected chi connectivity index (χ3v) is 5.59. The quantitative estimate of drug-likeness (QED) is 0.340. The fourth-order valence-corrected chi connectivity index (χ4v) is 4.06. The van der Waals surface area contributed by atoms with E-state index >= 15 is 0 Å². The predicted molar refractivity (Wildman–Crippen MR) is 119 cm³/mol. The summed E-state index contributed by atoms with van der Waals surface area (Å²) in [6.07, 6.45) is 0. The third-order valence-electron chi connectivity index (χ3n) is 4.84. The van der Waals surface area contributed by atoms with E-state index in [1.54, 1.807) is 20.3 Å². The van der Waals surface area contributed by atoms with Crippen molar-refractivity contribution in [2.24, 2.45) is 0 Å². The average Bonchev–Trinajstić information content (AvgIpc) is 3.09. The van der Waals surface area contributed by atoms with Gasteiger partial charge in [0.05, 0.1) is 30.9 Å². The standard InChI is InChI=1S/C24H20BrFN2O2/c1-29-20-10-6-17(7-11-20)23-22(25)24(18-8-12-21(30-2)13-9-18)28(27-23)15-16-4-3-5-19(26)14-16/h3-14H,15H2,1-2H3. The Morgan fingerprint density at radius 1 is 0.867 bits per heavy atom. The van der Waals surface area contributed by atoms with E-state index in [1.807, 2.05) is 59.3 Å². The highest BCUT2D eigenvalue weighted by Crippen LogP contribution is 2.38. The molecule has 0 aliphatic carbocycles. The normalized spacial score (nSPS) is 10.8. The van der Waals surface area contributed by atoms with Crippen LogP contribution in [0.25, 0.3) is 22.5 Å². The van der Waals surface area contributed by atoms with Crippen LogP contribution in [0.1, 0.15) is 5.56 Å². The van der Waals surface area contributed by atoms with Crippen molar-refractivity contribution in [2.45, 2.75) is 6.54 Å². The topological polar surface area (TPSA) is 36.3 Å². The van der Waals surface area contributed by atoms with Crippen molar-refractivity contribution in [3.63, 3.8) is 0 Å². The average molecular weight is 467 g/mol. The van der Waals surface area contributed by atoms with E-state index in [4.69, 9.17) is 14.6 Å². The number of benzene rings is 3. The second-order valence-electron chi connectivity index (χ2n) is 6.76. The van der Waals surface area contributed by atoms with Gasteiger partial charge in [-0.2, -0.15) is 5.10 Å². The maximum absolute atomic E-state index is 13.7. The molecule has 0 fully saturated rings. The molecule has 1 aromatic heterocycles. The van der Waals surface area contributed by atoms with Crippen LogP contribution in [0.4, 0.5) is 4.39 Å². The molecule has 3 aromatic carbocycles. The van der Waals surface area contributed by atoms with E-state index in [-0.39, 0.29) is 5.82 Å². The summed E-state index contributed by atoms with van der Waals surface area (Å²) in [5.74, 6) is 1.30. The largest absolute Gasteiger partial charge is 0.497 e. The third kappa shape index (κ3) is 4.09. The molecule has 0 amide bonds. The SMILES string of the molecule is COc1ccc(-c2nn(Cc3cccc(F)c3)c(-c3ccc(OC)cc3)c2Br)cc1. The molecule has 1 heterocycles. The number of hydrogen-bond acceptors (Lipinski definition) is 3. The zero-order valence-electron chi connectivity index (χ0n) is 16.6. The number of methoxy groups -OCH3 is 2. The Morgan fingerprint density at radius 3 is 2.03 bits per heavy atom. The highest BCUT2D eigenvalue weighted by molar-refractivity contribution is 9.10. The van der Waals surface area contributed by atoms with Gasteiger partial charge in [0.2, 0.25) is 0 Å². The molecule has 4 rings (SSSR count). The summed E-state index contributed by atoms with van der Waals surface area (Å²) in [5, 5.41) is 4.85. The van der Waals surface area contributed by atoms with Gasteiger partial charge in [-0.1, -0.05) is 12.1 Å². The first kappa shape index (κ1) is 20.2. The van der Waals surface area contributed by atoms with Gasteiger partial charge in [0.15, 0.2) is 0 Å². The highest BCUT2D eigenvalue weighted by Gasteiger charge is 2.19. The number of hydrogen-bond donors (Lipinski definition) is 0. The van der Waals surface area contributed by atoms with Crippen LogP contribution in [-0.4, -0.2) is 24.0 Å². The molecule has 4 nitrogen and oxygen atoms in total. The van der Waals surface area contributed by atoms with Crippen molar-refractivity contribution in [1.29, 1.82) is 0 Å². The molecule has 0 aliphatic rings. The van der Waals surface area contributed by atoms with Gasteiger partial charge in [-0.25, -0.2) is 4.39 Å². The molecular formula is C24H20BrFN2O2. The van der Waals surface area contributed by atoms with Gasteiger partial charge < -0.3 is 9.47 Å². The van der Waals surface area contributed by atoms with Gasteiger partial charge in [-0.3, -0.25) is 4.68 Å². The van der Waals surface area contributed by atoms with Gasteiger partial charge in [-0.05, 0) is 82.2 Å². The monoisotopic (exact) mass is 466 g/mol. The van der Waals surface area contributed by atoms with Crippen LogP contribution in [0, 0.1) is 5.82 Å². The first-order chi connectivity index (χ1) is 14.6. The lowest BCUT2D eigenvalue weighted by Crippen LogP contribution is -2.04. The minimum Gasteiger partial charge on any atom is -0.497 e. The summed E-state index contributed by atoms with van der Waals surface area (Å²) in [4.78, 5) is 0. The summed E-state index contributed by atoms with van der Waals surface area (Å²) in [7, 11) is 3.28. The van der Waals surface area contributed by atoms with Crippen LogP contribution in [0.5, 0.6) is 11.5 Å². The number of rotatable bonds is 6. The van der Waals surface area contributed by atoms with Crippen molar-refractivity contribution in [2.75, 3.05) is 14.2 Å². The number of nitrogens with zero attached hydrogens (tertiary/aromatic N) is 2. The lowest BCUT2D eigenvalue weighted by Gasteiger charge is -2.09. The molecule has 4 aromatic rings. The van der Waals surface area contributed by atoms with Crippen LogP contribution < -0.4 is 9.47 Å². The minimum absolute atomic E-state index is 0.264. The molecule has 0 aliphatic heterocycles. The van der Waals surface area contributed by atoms with Crippen LogP contribution >= 0.6 is 15.9 Å². The molecule has 0 unspecified atom stereocenters. The Labute approximate surface area is 183 Å². The Hall–Kier alpha value is -3.12.